The number of hydrogen-bond donors (Lipinski definition) is 1. The van der Waals surface area contributed by atoms with Crippen LogP contribution in [0.15, 0.2) is 30.3 Å². The Hall–Kier alpha value is -2.32. The fourth-order valence-corrected chi connectivity index (χ4v) is 6.49. The number of nitrogens with zero attached hydrogens (tertiary/aromatic N) is 3. The Morgan fingerprint density at radius 2 is 1.80 bits per heavy atom. The van der Waals surface area contributed by atoms with Gasteiger partial charge in [0, 0.05) is 26.2 Å². The Morgan fingerprint density at radius 3 is 2.40 bits per heavy atom. The molecule has 3 atom stereocenters. The van der Waals surface area contributed by atoms with Gasteiger partial charge in [-0.25, -0.2) is 4.98 Å². The highest BCUT2D eigenvalue weighted by molar-refractivity contribution is 6.76. The molecule has 2 aromatic heterocycles. The molecule has 45 heavy (non-hydrogen) atoms. The number of hydrogen-bond acceptors (Lipinski definition) is 9. The van der Waals surface area contributed by atoms with E-state index in [9.17, 15) is 9.90 Å². The van der Waals surface area contributed by atoms with Crippen molar-refractivity contribution < 1.29 is 33.4 Å². The van der Waals surface area contributed by atoms with E-state index in [0.29, 0.717) is 34.9 Å². The number of carbonyl (C=O) groups is 1. The van der Waals surface area contributed by atoms with E-state index in [2.05, 4.69) is 19.6 Å². The summed E-state index contributed by atoms with van der Waals surface area (Å²) >= 11 is 6.78. The Kier molecular flexibility index (Phi) is 9.87. The quantitative estimate of drug-likeness (QED) is 0.210. The minimum absolute atomic E-state index is 0.00703. The van der Waals surface area contributed by atoms with E-state index in [1.165, 1.54) is 0 Å². The predicted octanol–water partition coefficient (Wildman–Crippen LogP) is 5.10. The number of aliphatic hydroxyl groups excluding tert-OH is 1. The Morgan fingerprint density at radius 1 is 1.13 bits per heavy atom. The number of halogens is 1. The second kappa shape index (κ2) is 13.1. The van der Waals surface area contributed by atoms with Crippen LogP contribution in [0.3, 0.4) is 0 Å². The Balaban J connectivity index is 1.46. The summed E-state index contributed by atoms with van der Waals surface area (Å²) in [4.78, 5) is 22.0. The van der Waals surface area contributed by atoms with Crippen LogP contribution in [-0.4, -0.2) is 83.8 Å². The van der Waals surface area contributed by atoms with Crippen LogP contribution in [0.4, 0.5) is 0 Å². The lowest BCUT2D eigenvalue weighted by atomic mass is 9.79. The molecule has 3 aromatic rings. The monoisotopic (exact) mass is 657 g/mol. The Labute approximate surface area is 271 Å². The smallest absolute Gasteiger partial charge is 0.456 e. The van der Waals surface area contributed by atoms with Crippen molar-refractivity contribution in [1.82, 2.24) is 14.5 Å². The first-order valence-electron chi connectivity index (χ1n) is 15.7. The van der Waals surface area contributed by atoms with E-state index in [1.807, 2.05) is 58.9 Å². The second-order valence-electron chi connectivity index (χ2n) is 14.1. The summed E-state index contributed by atoms with van der Waals surface area (Å²) < 4.78 is 32.3. The third-order valence-corrected chi connectivity index (χ3v) is 11.0. The van der Waals surface area contributed by atoms with Crippen molar-refractivity contribution in [2.75, 3.05) is 19.8 Å². The number of pyridine rings is 1. The van der Waals surface area contributed by atoms with E-state index in [4.69, 9.17) is 45.1 Å². The topological polar surface area (TPSA) is 114 Å². The lowest BCUT2D eigenvalue weighted by molar-refractivity contribution is -0.120. The Bertz CT molecular complexity index is 1510. The number of Topliss-reactive ketones (excluding diaryl/α,β-unsaturated/α-hetero) is 1. The number of ether oxygens (including phenoxy) is 3. The molecule has 13 heteroatoms. The van der Waals surface area contributed by atoms with Gasteiger partial charge in [-0.1, -0.05) is 62.4 Å². The van der Waals surface area contributed by atoms with Crippen LogP contribution in [-0.2, 0) is 30.3 Å². The lowest BCUT2D eigenvalue weighted by Gasteiger charge is -2.32. The minimum Gasteiger partial charge on any atom is -0.456 e. The van der Waals surface area contributed by atoms with Gasteiger partial charge in [0.2, 0.25) is 0 Å². The van der Waals surface area contributed by atoms with Gasteiger partial charge in [-0.2, -0.15) is 4.98 Å². The average Bonchev–Trinajstić information content (AvgIpc) is 3.57. The summed E-state index contributed by atoms with van der Waals surface area (Å²) in [6, 6.07) is 10.8. The summed E-state index contributed by atoms with van der Waals surface area (Å²) in [6.45, 7) is 17.3. The van der Waals surface area contributed by atoms with Crippen LogP contribution in [0.5, 0.6) is 6.01 Å². The molecule has 4 heterocycles. The maximum absolute atomic E-state index is 12.4. The summed E-state index contributed by atoms with van der Waals surface area (Å²) in [7, 11) is -1.80. The molecular weight excluding hydrogens is 613 g/mol. The van der Waals surface area contributed by atoms with Crippen molar-refractivity contribution in [3.05, 3.63) is 35.4 Å². The van der Waals surface area contributed by atoms with Crippen molar-refractivity contribution in [3.63, 3.8) is 0 Å². The third kappa shape index (κ3) is 7.17. The molecule has 244 valence electrons. The van der Waals surface area contributed by atoms with Crippen LogP contribution in [0.2, 0.25) is 30.7 Å². The fraction of sp³-hybridized carbons (Fsp3) is 0.594. The molecule has 2 unspecified atom stereocenters. The zero-order chi connectivity index (χ0) is 32.7. The first-order valence-corrected chi connectivity index (χ1v) is 19.7. The molecule has 0 aliphatic carbocycles. The number of carbonyl (C=O) groups excluding carboxylic acids is 1. The number of aliphatic hydroxyl groups is 1. The molecule has 1 aromatic carbocycles. The van der Waals surface area contributed by atoms with Gasteiger partial charge < -0.3 is 28.6 Å². The molecule has 0 saturated carbocycles. The molecule has 2 aliphatic heterocycles. The van der Waals surface area contributed by atoms with Crippen LogP contribution < -0.4 is 10.2 Å². The first-order chi connectivity index (χ1) is 21.1. The van der Waals surface area contributed by atoms with Crippen LogP contribution in [0.1, 0.15) is 41.0 Å². The lowest BCUT2D eigenvalue weighted by Crippen LogP contribution is -2.41. The maximum atomic E-state index is 12.4. The van der Waals surface area contributed by atoms with Crippen LogP contribution >= 0.6 is 11.6 Å². The van der Waals surface area contributed by atoms with Crippen molar-refractivity contribution >= 4 is 49.2 Å². The highest BCUT2D eigenvalue weighted by Gasteiger charge is 2.51. The molecule has 5 rings (SSSR count). The summed E-state index contributed by atoms with van der Waals surface area (Å²) in [5.74, 6) is -0.345. The normalized spacial score (nSPS) is 22.0. The first kappa shape index (κ1) is 34.0. The van der Waals surface area contributed by atoms with Gasteiger partial charge >= 0.3 is 13.1 Å². The molecule has 0 bridgehead atoms. The zero-order valence-electron chi connectivity index (χ0n) is 27.6. The zero-order valence-corrected chi connectivity index (χ0v) is 29.3. The number of rotatable bonds is 12. The van der Waals surface area contributed by atoms with Crippen molar-refractivity contribution in [2.24, 2.45) is 5.92 Å². The van der Waals surface area contributed by atoms with Crippen molar-refractivity contribution in [2.45, 2.75) is 96.9 Å². The molecule has 2 aliphatic rings. The molecule has 2 saturated heterocycles. The number of benzene rings is 1. The average molecular weight is 658 g/mol. The van der Waals surface area contributed by atoms with Gasteiger partial charge in [-0.3, -0.25) is 9.36 Å². The molecule has 0 spiro atoms. The largest absolute Gasteiger partial charge is 0.494 e. The number of fused-ring (bicyclic) bond motifs is 1. The van der Waals surface area contributed by atoms with Crippen molar-refractivity contribution in [1.29, 1.82) is 0 Å². The molecule has 10 nitrogen and oxygen atoms in total. The van der Waals surface area contributed by atoms with E-state index in [-0.39, 0.29) is 37.7 Å². The highest BCUT2D eigenvalue weighted by Crippen LogP contribution is 2.37. The second-order valence-corrected chi connectivity index (χ2v) is 20.2. The number of ketones is 1. The van der Waals surface area contributed by atoms with Crippen LogP contribution in [0, 0.1) is 5.92 Å². The molecule has 0 amide bonds. The summed E-state index contributed by atoms with van der Waals surface area (Å²) in [5, 5.41) is 10.7. The summed E-state index contributed by atoms with van der Waals surface area (Å²) in [5.41, 5.74) is 2.47. The van der Waals surface area contributed by atoms with E-state index in [1.54, 1.807) is 10.6 Å². The molecule has 1 N–H and O–H groups in total. The summed E-state index contributed by atoms with van der Waals surface area (Å²) in [6.07, 6.45) is -0.785. The molecule has 2 fully saturated rings. The number of aromatic nitrogens is 3. The van der Waals surface area contributed by atoms with Gasteiger partial charge in [0.15, 0.2) is 17.5 Å². The van der Waals surface area contributed by atoms with E-state index >= 15 is 0 Å². The van der Waals surface area contributed by atoms with E-state index < -0.39 is 38.6 Å². The van der Waals surface area contributed by atoms with Gasteiger partial charge in [0.1, 0.15) is 25.0 Å². The highest BCUT2D eigenvalue weighted by atomic mass is 35.5. The third-order valence-electron chi connectivity index (χ3n) is 9.04. The fourth-order valence-electron chi connectivity index (χ4n) is 5.48. The minimum atomic E-state index is -1.32. The number of imidazole rings is 1. The van der Waals surface area contributed by atoms with Gasteiger partial charge in [-0.15, -0.1) is 0 Å². The van der Waals surface area contributed by atoms with Crippen LogP contribution in [0.25, 0.3) is 22.4 Å². The van der Waals surface area contributed by atoms with Crippen molar-refractivity contribution in [3.8, 4) is 17.3 Å². The van der Waals surface area contributed by atoms with E-state index in [0.717, 1.165) is 17.1 Å². The maximum Gasteiger partial charge on any atom is 0.494 e. The standard InChI is InChI=1S/C32H45BClN3O7Si/c1-9-22-25(39)18-41-28(22)26(17-38)42-30-35-24-16-23(34)27(36-29(24)37(30)19-40-14-15-45(6,7)8)20-10-12-21(13-11-20)33-43-31(2,3)32(4,5)44-33/h10-13,16,22,26,28,38H,9,14-15,17-19H2,1-8H3/t22?,26-,28?/m1/s1. The molecule has 0 radical (unpaired) electrons. The SMILES string of the molecule is CCC1C(=O)COC1[C@@H](CO)Oc1nc2cc(Cl)c(-c3ccc(B4OC(C)(C)C(C)(C)O4)cc3)nc2n1COCC[Si](C)(C)C. The van der Waals surface area contributed by atoms with Gasteiger partial charge in [-0.05, 0) is 51.7 Å². The molecular formula is C32H45BClN3O7Si. The predicted molar refractivity (Wildman–Crippen MR) is 178 cm³/mol. The van der Waals surface area contributed by atoms with Gasteiger partial charge in [0.05, 0.1) is 28.5 Å². The van der Waals surface area contributed by atoms with Gasteiger partial charge in [0.25, 0.3) is 0 Å².